The van der Waals surface area contributed by atoms with E-state index in [0.29, 0.717) is 23.5 Å². The van der Waals surface area contributed by atoms with E-state index in [2.05, 4.69) is 20.8 Å². The number of ether oxygens (including phenoxy) is 2. The van der Waals surface area contributed by atoms with Crippen LogP contribution >= 0.6 is 0 Å². The highest BCUT2D eigenvalue weighted by atomic mass is 16.6. The third kappa shape index (κ3) is 4.73. The largest absolute Gasteiger partial charge is 0.478 e. The summed E-state index contributed by atoms with van der Waals surface area (Å²) in [5, 5.41) is 9.53. The van der Waals surface area contributed by atoms with Gasteiger partial charge in [0.05, 0.1) is 0 Å². The van der Waals surface area contributed by atoms with Crippen LogP contribution in [0.1, 0.15) is 92.9 Å². The molecule has 3 rings (SSSR count). The van der Waals surface area contributed by atoms with Crippen LogP contribution in [0.3, 0.4) is 0 Å². The molecular weight excluding hydrogens is 432 g/mol. The SMILES string of the molecule is CC(=CC1(OC(=O)C(C)=CC=C(C)C(=O)OC2CCCCC2)C[C@H]2CC[C@@]1(C)C2(C)C)C(=O)O. The van der Waals surface area contributed by atoms with Gasteiger partial charge in [-0.1, -0.05) is 39.3 Å². The van der Waals surface area contributed by atoms with E-state index in [9.17, 15) is 19.5 Å². The number of rotatable bonds is 7. The van der Waals surface area contributed by atoms with Crippen molar-refractivity contribution in [2.24, 2.45) is 16.7 Å². The van der Waals surface area contributed by atoms with Gasteiger partial charge in [-0.15, -0.1) is 0 Å². The van der Waals surface area contributed by atoms with Gasteiger partial charge < -0.3 is 14.6 Å². The van der Waals surface area contributed by atoms with Crippen LogP contribution in [0, 0.1) is 16.7 Å². The van der Waals surface area contributed by atoms with E-state index in [0.717, 1.165) is 38.5 Å². The second-order valence-electron chi connectivity index (χ2n) is 11.3. The number of hydrogen-bond donors (Lipinski definition) is 1. The predicted octanol–water partition coefficient (Wildman–Crippen LogP) is 5.91. The molecule has 0 radical (unpaired) electrons. The van der Waals surface area contributed by atoms with Gasteiger partial charge in [0.15, 0.2) is 0 Å². The molecule has 6 nitrogen and oxygen atoms in total. The fraction of sp³-hybridized carbons (Fsp3) is 0.679. The van der Waals surface area contributed by atoms with E-state index in [4.69, 9.17) is 9.47 Å². The number of carboxylic acids is 1. The highest BCUT2D eigenvalue weighted by molar-refractivity contribution is 5.91. The lowest BCUT2D eigenvalue weighted by Crippen LogP contribution is -2.49. The number of allylic oxidation sites excluding steroid dienone is 2. The third-order valence-corrected chi connectivity index (χ3v) is 9.03. The van der Waals surface area contributed by atoms with E-state index in [1.54, 1.807) is 39.0 Å². The topological polar surface area (TPSA) is 89.9 Å². The van der Waals surface area contributed by atoms with Gasteiger partial charge in [0.25, 0.3) is 0 Å². The number of carbonyl (C=O) groups is 3. The second-order valence-corrected chi connectivity index (χ2v) is 11.3. The van der Waals surface area contributed by atoms with E-state index in [1.807, 2.05) is 0 Å². The van der Waals surface area contributed by atoms with Crippen LogP contribution in [0.15, 0.2) is 34.9 Å². The number of carbonyl (C=O) groups excluding carboxylic acids is 2. The zero-order valence-electron chi connectivity index (χ0n) is 21.5. The summed E-state index contributed by atoms with van der Waals surface area (Å²) in [7, 11) is 0. The zero-order chi connectivity index (χ0) is 25.3. The molecule has 3 fully saturated rings. The first-order valence-electron chi connectivity index (χ1n) is 12.6. The smallest absolute Gasteiger partial charge is 0.334 e. The molecule has 3 aliphatic carbocycles. The Hall–Kier alpha value is -2.37. The van der Waals surface area contributed by atoms with E-state index < -0.39 is 17.5 Å². The van der Waals surface area contributed by atoms with E-state index in [1.165, 1.54) is 6.42 Å². The quantitative estimate of drug-likeness (QED) is 0.281. The molecule has 0 aliphatic heterocycles. The molecule has 188 valence electrons. The lowest BCUT2D eigenvalue weighted by Gasteiger charge is -2.46. The van der Waals surface area contributed by atoms with Crippen LogP contribution in [-0.4, -0.2) is 34.7 Å². The number of esters is 2. The van der Waals surface area contributed by atoms with Crippen LogP contribution in [0.5, 0.6) is 0 Å². The fourth-order valence-electron chi connectivity index (χ4n) is 6.17. The van der Waals surface area contributed by atoms with Crippen LogP contribution < -0.4 is 0 Å². The van der Waals surface area contributed by atoms with Crippen molar-refractivity contribution in [2.45, 2.75) is 105 Å². The number of carboxylic acid groups (broad SMARTS) is 1. The lowest BCUT2D eigenvalue weighted by molar-refractivity contribution is -0.164. The predicted molar refractivity (Wildman–Crippen MR) is 130 cm³/mol. The first-order chi connectivity index (χ1) is 15.8. The molecule has 3 atom stereocenters. The summed E-state index contributed by atoms with van der Waals surface area (Å²) < 4.78 is 11.8. The van der Waals surface area contributed by atoms with Crippen molar-refractivity contribution in [3.8, 4) is 0 Å². The van der Waals surface area contributed by atoms with Crippen molar-refractivity contribution in [2.75, 3.05) is 0 Å². The van der Waals surface area contributed by atoms with Crippen LogP contribution in [0.2, 0.25) is 0 Å². The van der Waals surface area contributed by atoms with Crippen LogP contribution in [0.4, 0.5) is 0 Å². The van der Waals surface area contributed by atoms with Gasteiger partial charge in [-0.2, -0.15) is 0 Å². The standard InChI is InChI=1S/C28H40O6/c1-18(24(31)33-22-10-8-7-9-11-22)12-13-19(2)25(32)34-28(16-20(3)23(29)30)17-21-14-15-27(28,6)26(21,4)5/h12-13,16,21-22H,7-11,14-15,17H2,1-6H3,(H,29,30)/t21-,27+,28?/m1/s1. The van der Waals surface area contributed by atoms with Crippen molar-refractivity contribution < 1.29 is 29.0 Å². The number of aliphatic carboxylic acids is 1. The first-order valence-corrected chi connectivity index (χ1v) is 12.6. The highest BCUT2D eigenvalue weighted by Gasteiger charge is 2.70. The molecule has 0 aromatic heterocycles. The maximum Gasteiger partial charge on any atom is 0.334 e. The molecule has 34 heavy (non-hydrogen) atoms. The maximum atomic E-state index is 13.2. The molecular formula is C28H40O6. The molecule has 0 heterocycles. The molecule has 0 spiro atoms. The summed E-state index contributed by atoms with van der Waals surface area (Å²) in [5.74, 6) is -1.52. The Balaban J connectivity index is 1.78. The Morgan fingerprint density at radius 2 is 1.44 bits per heavy atom. The van der Waals surface area contributed by atoms with Gasteiger partial charge in [0.1, 0.15) is 11.7 Å². The van der Waals surface area contributed by atoms with Gasteiger partial charge in [-0.25, -0.2) is 14.4 Å². The van der Waals surface area contributed by atoms with Gasteiger partial charge in [0, 0.05) is 22.1 Å². The summed E-state index contributed by atoms with van der Waals surface area (Å²) in [4.78, 5) is 37.2. The van der Waals surface area contributed by atoms with Crippen LogP contribution in [-0.2, 0) is 23.9 Å². The molecule has 2 bridgehead atoms. The lowest BCUT2D eigenvalue weighted by atomic mass is 9.64. The van der Waals surface area contributed by atoms with Gasteiger partial charge in [-0.3, -0.25) is 0 Å². The number of fused-ring (bicyclic) bond motifs is 2. The molecule has 1 N–H and O–H groups in total. The summed E-state index contributed by atoms with van der Waals surface area (Å²) in [6.45, 7) is 11.4. The average molecular weight is 473 g/mol. The average Bonchev–Trinajstić information content (AvgIpc) is 3.09. The fourth-order valence-corrected chi connectivity index (χ4v) is 6.17. The normalized spacial score (nSPS) is 31.9. The monoisotopic (exact) mass is 472 g/mol. The van der Waals surface area contributed by atoms with E-state index in [-0.39, 0.29) is 28.5 Å². The Bertz CT molecular complexity index is 933. The van der Waals surface area contributed by atoms with Crippen molar-refractivity contribution in [3.63, 3.8) is 0 Å². The summed E-state index contributed by atoms with van der Waals surface area (Å²) in [5.41, 5.74) is -0.462. The van der Waals surface area contributed by atoms with E-state index >= 15 is 0 Å². The Labute approximate surface area is 203 Å². The summed E-state index contributed by atoms with van der Waals surface area (Å²) in [6.07, 6.45) is 12.5. The molecule has 3 aliphatic rings. The molecule has 0 saturated heterocycles. The zero-order valence-corrected chi connectivity index (χ0v) is 21.5. The minimum absolute atomic E-state index is 0.0225. The summed E-state index contributed by atoms with van der Waals surface area (Å²) in [6, 6.07) is 0. The molecule has 0 amide bonds. The molecule has 0 aromatic rings. The minimum Gasteiger partial charge on any atom is -0.478 e. The van der Waals surface area contributed by atoms with Gasteiger partial charge in [0.2, 0.25) is 0 Å². The van der Waals surface area contributed by atoms with Crippen molar-refractivity contribution >= 4 is 17.9 Å². The minimum atomic E-state index is -1.01. The maximum absolute atomic E-state index is 13.2. The second kappa shape index (κ2) is 9.71. The Morgan fingerprint density at radius 1 is 0.853 bits per heavy atom. The van der Waals surface area contributed by atoms with Crippen molar-refractivity contribution in [3.05, 3.63) is 34.9 Å². The molecule has 0 aromatic carbocycles. The summed E-state index contributed by atoms with van der Waals surface area (Å²) >= 11 is 0. The third-order valence-electron chi connectivity index (χ3n) is 9.03. The van der Waals surface area contributed by atoms with Gasteiger partial charge in [-0.05, 0) is 83.1 Å². The van der Waals surface area contributed by atoms with Gasteiger partial charge >= 0.3 is 17.9 Å². The molecule has 1 unspecified atom stereocenters. The van der Waals surface area contributed by atoms with Crippen molar-refractivity contribution in [1.82, 2.24) is 0 Å². The Morgan fingerprint density at radius 3 is 1.94 bits per heavy atom. The molecule has 6 heteroatoms. The van der Waals surface area contributed by atoms with Crippen LogP contribution in [0.25, 0.3) is 0 Å². The Kier molecular flexibility index (Phi) is 7.49. The first kappa shape index (κ1) is 26.2. The number of hydrogen-bond acceptors (Lipinski definition) is 5. The van der Waals surface area contributed by atoms with Crippen molar-refractivity contribution in [1.29, 1.82) is 0 Å². The highest BCUT2D eigenvalue weighted by Crippen LogP contribution is 2.71. The molecule has 3 saturated carbocycles.